The first-order valence-electron chi connectivity index (χ1n) is 4.17. The van der Waals surface area contributed by atoms with Gasteiger partial charge in [-0.2, -0.15) is 8.42 Å². The van der Waals surface area contributed by atoms with Crippen LogP contribution in [0, 0.1) is 0 Å². The van der Waals surface area contributed by atoms with E-state index in [1.165, 1.54) is 11.6 Å². The molecule has 1 aromatic carbocycles. The number of fused-ring (bicyclic) bond motifs is 1. The van der Waals surface area contributed by atoms with E-state index in [0.717, 1.165) is 24.8 Å². The van der Waals surface area contributed by atoms with Crippen molar-refractivity contribution < 1.29 is 13.0 Å². The van der Waals surface area contributed by atoms with Crippen molar-refractivity contribution in [2.45, 2.75) is 24.2 Å². The average molecular weight is 221 g/mol. The molecule has 0 unspecified atom stereocenters. The molecule has 14 heavy (non-hydrogen) atoms. The van der Waals surface area contributed by atoms with Gasteiger partial charge in [0.05, 0.1) is 4.90 Å². The second-order valence-electron chi connectivity index (χ2n) is 3.26. The first-order valence-corrected chi connectivity index (χ1v) is 5.61. The van der Waals surface area contributed by atoms with Crippen LogP contribution in [0.3, 0.4) is 0 Å². The Bertz CT molecular complexity index is 439. The molecule has 2 rings (SSSR count). The van der Waals surface area contributed by atoms with Gasteiger partial charge in [0.25, 0.3) is 10.1 Å². The van der Waals surface area contributed by atoms with Crippen molar-refractivity contribution in [3.63, 3.8) is 0 Å². The number of benzene rings is 1. The second-order valence-corrected chi connectivity index (χ2v) is 4.68. The quantitative estimate of drug-likeness (QED) is 0.569. The van der Waals surface area contributed by atoms with Crippen LogP contribution < -0.4 is 0 Å². The molecule has 0 fully saturated rings. The van der Waals surface area contributed by atoms with Crippen LogP contribution in [0.15, 0.2) is 23.1 Å². The monoisotopic (exact) mass is 221 g/mol. The van der Waals surface area contributed by atoms with Crippen molar-refractivity contribution in [2.75, 3.05) is 0 Å². The third-order valence-electron chi connectivity index (χ3n) is 2.37. The SMILES string of the molecule is O=S(=O)(O)c1ccc2c(c1)CCC2.[Na]. The van der Waals surface area contributed by atoms with Gasteiger partial charge in [0.2, 0.25) is 0 Å². The molecule has 71 valence electrons. The molecular weight excluding hydrogens is 211 g/mol. The van der Waals surface area contributed by atoms with E-state index < -0.39 is 10.1 Å². The van der Waals surface area contributed by atoms with E-state index in [1.807, 2.05) is 0 Å². The van der Waals surface area contributed by atoms with Crippen molar-refractivity contribution in [2.24, 2.45) is 0 Å². The van der Waals surface area contributed by atoms with E-state index >= 15 is 0 Å². The van der Waals surface area contributed by atoms with Crippen molar-refractivity contribution in [3.05, 3.63) is 29.3 Å². The third-order valence-corrected chi connectivity index (χ3v) is 3.22. The van der Waals surface area contributed by atoms with Crippen molar-refractivity contribution in [1.82, 2.24) is 0 Å². The van der Waals surface area contributed by atoms with Crippen LogP contribution in [0.4, 0.5) is 0 Å². The molecule has 0 aromatic heterocycles. The zero-order chi connectivity index (χ0) is 9.47. The summed E-state index contributed by atoms with van der Waals surface area (Å²) in [6, 6.07) is 4.81. The predicted octanol–water partition coefficient (Wildman–Crippen LogP) is 1.04. The molecule has 1 aromatic rings. The number of hydrogen-bond donors (Lipinski definition) is 1. The van der Waals surface area contributed by atoms with Crippen molar-refractivity contribution >= 4 is 39.7 Å². The second kappa shape index (κ2) is 4.33. The normalized spacial score (nSPS) is 14.6. The van der Waals surface area contributed by atoms with Gasteiger partial charge in [-0.1, -0.05) is 6.07 Å². The molecule has 5 heteroatoms. The maximum Gasteiger partial charge on any atom is 0.294 e. The maximum atomic E-state index is 10.8. The average Bonchev–Trinajstić information content (AvgIpc) is 2.47. The van der Waals surface area contributed by atoms with E-state index in [2.05, 4.69) is 0 Å². The van der Waals surface area contributed by atoms with Crippen LogP contribution >= 0.6 is 0 Å². The summed E-state index contributed by atoms with van der Waals surface area (Å²) in [4.78, 5) is 0.00755. The molecule has 0 bridgehead atoms. The minimum absolute atomic E-state index is 0. The molecule has 0 heterocycles. The molecule has 0 saturated carbocycles. The van der Waals surface area contributed by atoms with Gasteiger partial charge in [-0.15, -0.1) is 0 Å². The zero-order valence-electron chi connectivity index (χ0n) is 8.03. The summed E-state index contributed by atoms with van der Waals surface area (Å²) in [5, 5.41) is 0. The first kappa shape index (κ1) is 12.2. The number of hydrogen-bond acceptors (Lipinski definition) is 2. The Morgan fingerprint density at radius 1 is 1.14 bits per heavy atom. The van der Waals surface area contributed by atoms with Gasteiger partial charge in [0.1, 0.15) is 0 Å². The van der Waals surface area contributed by atoms with Crippen molar-refractivity contribution in [1.29, 1.82) is 0 Å². The van der Waals surface area contributed by atoms with E-state index in [1.54, 1.807) is 12.1 Å². The third kappa shape index (κ3) is 2.38. The Labute approximate surface area is 106 Å². The summed E-state index contributed by atoms with van der Waals surface area (Å²) < 4.78 is 30.4. The first-order chi connectivity index (χ1) is 6.07. The molecule has 3 nitrogen and oxygen atoms in total. The molecule has 1 aliphatic rings. The van der Waals surface area contributed by atoms with Gasteiger partial charge < -0.3 is 0 Å². The summed E-state index contributed by atoms with van der Waals surface area (Å²) in [6.45, 7) is 0. The summed E-state index contributed by atoms with van der Waals surface area (Å²) in [5.41, 5.74) is 2.25. The van der Waals surface area contributed by atoms with Crippen molar-refractivity contribution in [3.8, 4) is 0 Å². The van der Waals surface area contributed by atoms with E-state index in [0.29, 0.717) is 0 Å². The minimum Gasteiger partial charge on any atom is -0.282 e. The molecule has 1 N–H and O–H groups in total. The fourth-order valence-electron chi connectivity index (χ4n) is 1.71. The smallest absolute Gasteiger partial charge is 0.282 e. The van der Waals surface area contributed by atoms with Crippen LogP contribution in [0.1, 0.15) is 17.5 Å². The maximum absolute atomic E-state index is 10.8. The Kier molecular flexibility index (Phi) is 3.77. The van der Waals surface area contributed by atoms with E-state index in [4.69, 9.17) is 4.55 Å². The van der Waals surface area contributed by atoms with Gasteiger partial charge in [-0.3, -0.25) is 4.55 Å². The molecule has 1 aliphatic carbocycles. The Hall–Kier alpha value is 0.130. The van der Waals surface area contributed by atoms with Gasteiger partial charge >= 0.3 is 0 Å². The van der Waals surface area contributed by atoms with E-state index in [-0.39, 0.29) is 34.5 Å². The molecule has 0 aliphatic heterocycles. The van der Waals surface area contributed by atoms with Crippen LogP contribution in [0.5, 0.6) is 0 Å². The number of aryl methyl sites for hydroxylation is 2. The fraction of sp³-hybridized carbons (Fsp3) is 0.333. The molecular formula is C9H10NaO3S. The standard InChI is InChI=1S/C9H10O3S.Na/c10-13(11,12)9-5-4-7-2-1-3-8(7)6-9;/h4-6H,1-3H2,(H,10,11,12);. The Balaban J connectivity index is 0.000000980. The van der Waals surface area contributed by atoms with E-state index in [9.17, 15) is 8.42 Å². The Morgan fingerprint density at radius 2 is 1.79 bits per heavy atom. The molecule has 0 saturated heterocycles. The molecule has 0 amide bonds. The Morgan fingerprint density at radius 3 is 2.43 bits per heavy atom. The van der Waals surface area contributed by atoms with Gasteiger partial charge in [0.15, 0.2) is 0 Å². The summed E-state index contributed by atoms with van der Waals surface area (Å²) >= 11 is 0. The van der Waals surface area contributed by atoms with Crippen LogP contribution in [0.2, 0.25) is 0 Å². The molecule has 0 atom stereocenters. The number of rotatable bonds is 1. The minimum atomic E-state index is -4.02. The fourth-order valence-corrected chi connectivity index (χ4v) is 2.24. The van der Waals surface area contributed by atoms with Gasteiger partial charge in [-0.05, 0) is 42.5 Å². The summed E-state index contributed by atoms with van der Waals surface area (Å²) in [7, 11) is -4.02. The summed E-state index contributed by atoms with van der Waals surface area (Å²) in [6.07, 6.45) is 3.00. The largest absolute Gasteiger partial charge is 0.294 e. The van der Waals surface area contributed by atoms with Gasteiger partial charge in [0, 0.05) is 29.6 Å². The topological polar surface area (TPSA) is 54.4 Å². The summed E-state index contributed by atoms with van der Waals surface area (Å²) in [5.74, 6) is 0. The molecule has 1 radical (unpaired) electrons. The predicted molar refractivity (Wildman–Crippen MR) is 54.0 cm³/mol. The zero-order valence-corrected chi connectivity index (χ0v) is 10.8. The van der Waals surface area contributed by atoms with Gasteiger partial charge in [-0.25, -0.2) is 0 Å². The van der Waals surface area contributed by atoms with Crippen LogP contribution in [-0.2, 0) is 23.0 Å². The van der Waals surface area contributed by atoms with Crippen LogP contribution in [-0.4, -0.2) is 42.5 Å². The van der Waals surface area contributed by atoms with Crippen LogP contribution in [0.25, 0.3) is 0 Å². The molecule has 0 spiro atoms.